The summed E-state index contributed by atoms with van der Waals surface area (Å²) in [7, 11) is 0. The fraction of sp³-hybridized carbons (Fsp3) is 0.0526. The normalized spacial score (nSPS) is 13.5. The lowest BCUT2D eigenvalue weighted by Crippen LogP contribution is -2.16. The molecule has 0 aliphatic heterocycles. The first-order valence-electron chi connectivity index (χ1n) is 20.3. The maximum Gasteiger partial charge on any atom is 0.136 e. The van der Waals surface area contributed by atoms with Gasteiger partial charge in [0.2, 0.25) is 0 Å². The van der Waals surface area contributed by atoms with Gasteiger partial charge in [-0.2, -0.15) is 0 Å². The van der Waals surface area contributed by atoms with Crippen molar-refractivity contribution >= 4 is 86.6 Å². The van der Waals surface area contributed by atoms with Crippen LogP contribution in [0.3, 0.4) is 0 Å². The van der Waals surface area contributed by atoms with Crippen LogP contribution >= 0.6 is 0 Å². The van der Waals surface area contributed by atoms with Crippen LogP contribution < -0.4 is 0 Å². The molecule has 1 aliphatic rings. The molecule has 13 rings (SSSR count). The maximum atomic E-state index is 6.44. The zero-order valence-corrected chi connectivity index (χ0v) is 32.2. The third-order valence-electron chi connectivity index (χ3n) is 13.3. The quantitative estimate of drug-likeness (QED) is 0.127. The van der Waals surface area contributed by atoms with Gasteiger partial charge in [-0.3, -0.25) is 0 Å². The highest BCUT2D eigenvalue weighted by molar-refractivity contribution is 6.25. The number of fused-ring (bicyclic) bond motifs is 17. The summed E-state index contributed by atoms with van der Waals surface area (Å²) in [6.45, 7) is 4.86. The van der Waals surface area contributed by atoms with Crippen molar-refractivity contribution < 1.29 is 4.42 Å². The summed E-state index contributed by atoms with van der Waals surface area (Å²) in [6, 6.07) is 67.5. The van der Waals surface area contributed by atoms with Crippen molar-refractivity contribution in [1.29, 1.82) is 0 Å². The van der Waals surface area contributed by atoms with Crippen LogP contribution in [0.2, 0.25) is 0 Å². The van der Waals surface area contributed by atoms with Crippen molar-refractivity contribution in [2.24, 2.45) is 0 Å². The molecule has 0 N–H and O–H groups in total. The molecule has 58 heavy (non-hydrogen) atoms. The molecule has 0 saturated carbocycles. The molecule has 1 heterocycles. The molecule has 0 unspecified atom stereocenters. The minimum absolute atomic E-state index is 0.177. The highest BCUT2D eigenvalue weighted by Crippen LogP contribution is 2.57. The third-order valence-corrected chi connectivity index (χ3v) is 13.3. The van der Waals surface area contributed by atoms with E-state index in [1.165, 1.54) is 115 Å². The molecule has 0 spiro atoms. The average molecular weight is 737 g/mol. The van der Waals surface area contributed by atoms with E-state index in [1.54, 1.807) is 0 Å². The zero-order chi connectivity index (χ0) is 38.3. The second-order valence-corrected chi connectivity index (χ2v) is 16.7. The first-order valence-corrected chi connectivity index (χ1v) is 20.3. The highest BCUT2D eigenvalue weighted by Gasteiger charge is 2.39. The lowest BCUT2D eigenvalue weighted by atomic mass is 9.77. The van der Waals surface area contributed by atoms with Crippen LogP contribution in [-0.4, -0.2) is 0 Å². The fourth-order valence-corrected chi connectivity index (χ4v) is 11.0. The minimum atomic E-state index is -0.177. The van der Waals surface area contributed by atoms with Crippen LogP contribution in [0.5, 0.6) is 0 Å². The predicted molar refractivity (Wildman–Crippen MR) is 247 cm³/mol. The molecule has 0 radical (unpaired) electrons. The molecule has 270 valence electrons. The molecule has 1 heteroatoms. The molecule has 0 atom stereocenters. The molecule has 11 aromatic carbocycles. The van der Waals surface area contributed by atoms with Gasteiger partial charge in [0.15, 0.2) is 0 Å². The highest BCUT2D eigenvalue weighted by atomic mass is 16.3. The summed E-state index contributed by atoms with van der Waals surface area (Å²) in [6.07, 6.45) is 0. The Morgan fingerprint density at radius 3 is 1.50 bits per heavy atom. The van der Waals surface area contributed by atoms with E-state index in [4.69, 9.17) is 4.42 Å². The van der Waals surface area contributed by atoms with Gasteiger partial charge < -0.3 is 4.42 Å². The summed E-state index contributed by atoms with van der Waals surface area (Å²) in [5.41, 5.74) is 12.2. The summed E-state index contributed by atoms with van der Waals surface area (Å²) < 4.78 is 6.44. The van der Waals surface area contributed by atoms with Crippen LogP contribution in [0.25, 0.3) is 120 Å². The Kier molecular flexibility index (Phi) is 6.29. The van der Waals surface area contributed by atoms with Crippen LogP contribution in [0.15, 0.2) is 186 Å². The molecule has 1 aromatic heterocycles. The Labute approximate surface area is 335 Å². The van der Waals surface area contributed by atoms with Gasteiger partial charge in [-0.1, -0.05) is 172 Å². The molecule has 1 nitrogen and oxygen atoms in total. The number of hydrogen-bond acceptors (Lipinski definition) is 1. The Morgan fingerprint density at radius 1 is 0.328 bits per heavy atom. The fourth-order valence-electron chi connectivity index (χ4n) is 11.0. The first kappa shape index (κ1) is 31.9. The summed E-state index contributed by atoms with van der Waals surface area (Å²) >= 11 is 0. The van der Waals surface area contributed by atoms with Crippen molar-refractivity contribution in [2.75, 3.05) is 0 Å². The zero-order valence-electron chi connectivity index (χ0n) is 32.2. The summed E-state index contributed by atoms with van der Waals surface area (Å²) in [5, 5.41) is 17.7. The second kappa shape index (κ2) is 11.4. The van der Waals surface area contributed by atoms with E-state index in [0.717, 1.165) is 16.6 Å². The molecular formula is C57H36O. The standard InChI is InChI=1S/C57H36O/c1-57(2)55-38-27-24-35(31-34(38)23-28-47(55)54-41-17-7-5-15-39(41)40-16-6-12-22-46(40)56(54)57)51-42-18-8-10-20-44(42)52(45-21-11-9-19-43(45)51)36-26-29-49-48(32-36)53-37-14-4-3-13-33(37)25-30-50(53)58-49/h3-32H,1-2H3. The topological polar surface area (TPSA) is 13.1 Å². The summed E-state index contributed by atoms with van der Waals surface area (Å²) in [5.74, 6) is 0. The third kappa shape index (κ3) is 4.15. The van der Waals surface area contributed by atoms with Gasteiger partial charge in [0, 0.05) is 16.2 Å². The van der Waals surface area contributed by atoms with Crippen molar-refractivity contribution in [3.05, 3.63) is 193 Å². The van der Waals surface area contributed by atoms with E-state index >= 15 is 0 Å². The van der Waals surface area contributed by atoms with Gasteiger partial charge in [0.1, 0.15) is 11.2 Å². The first-order chi connectivity index (χ1) is 28.5. The monoisotopic (exact) mass is 736 g/mol. The number of benzene rings is 11. The Hall–Kier alpha value is -7.22. The van der Waals surface area contributed by atoms with E-state index < -0.39 is 0 Å². The van der Waals surface area contributed by atoms with Gasteiger partial charge in [-0.25, -0.2) is 0 Å². The van der Waals surface area contributed by atoms with E-state index in [1.807, 2.05) is 0 Å². The largest absolute Gasteiger partial charge is 0.456 e. The lowest BCUT2D eigenvalue weighted by molar-refractivity contribution is 0.669. The van der Waals surface area contributed by atoms with Gasteiger partial charge in [0.25, 0.3) is 0 Å². The molecular weight excluding hydrogens is 701 g/mol. The summed E-state index contributed by atoms with van der Waals surface area (Å²) in [4.78, 5) is 0. The molecule has 1 aliphatic carbocycles. The van der Waals surface area contributed by atoms with Gasteiger partial charge in [-0.15, -0.1) is 0 Å². The van der Waals surface area contributed by atoms with Crippen LogP contribution in [0.4, 0.5) is 0 Å². The van der Waals surface area contributed by atoms with E-state index in [9.17, 15) is 0 Å². The molecule has 0 bridgehead atoms. The van der Waals surface area contributed by atoms with E-state index in [0.29, 0.717) is 0 Å². The number of furan rings is 1. The van der Waals surface area contributed by atoms with E-state index in [2.05, 4.69) is 196 Å². The predicted octanol–water partition coefficient (Wildman–Crippen LogP) is 16.1. The van der Waals surface area contributed by atoms with Crippen molar-refractivity contribution in [3.63, 3.8) is 0 Å². The number of rotatable bonds is 2. The molecule has 0 amide bonds. The molecule has 0 fully saturated rings. The van der Waals surface area contributed by atoms with Crippen molar-refractivity contribution in [3.8, 4) is 33.4 Å². The Bertz CT molecular complexity index is 3710. The maximum absolute atomic E-state index is 6.44. The van der Waals surface area contributed by atoms with Crippen LogP contribution in [-0.2, 0) is 5.41 Å². The van der Waals surface area contributed by atoms with Crippen molar-refractivity contribution in [2.45, 2.75) is 19.3 Å². The van der Waals surface area contributed by atoms with E-state index in [-0.39, 0.29) is 5.41 Å². The minimum Gasteiger partial charge on any atom is -0.456 e. The Balaban J connectivity index is 1.04. The second-order valence-electron chi connectivity index (χ2n) is 16.7. The number of hydrogen-bond donors (Lipinski definition) is 0. The van der Waals surface area contributed by atoms with Crippen LogP contribution in [0.1, 0.15) is 25.0 Å². The van der Waals surface area contributed by atoms with Gasteiger partial charge >= 0.3 is 0 Å². The van der Waals surface area contributed by atoms with Gasteiger partial charge in [0.05, 0.1) is 0 Å². The lowest BCUT2D eigenvalue weighted by Gasteiger charge is -2.25. The smallest absolute Gasteiger partial charge is 0.136 e. The average Bonchev–Trinajstić information content (AvgIpc) is 3.77. The molecule has 0 saturated heterocycles. The van der Waals surface area contributed by atoms with Crippen LogP contribution in [0, 0.1) is 0 Å². The van der Waals surface area contributed by atoms with Crippen molar-refractivity contribution in [1.82, 2.24) is 0 Å². The molecule has 12 aromatic rings. The Morgan fingerprint density at radius 2 is 0.828 bits per heavy atom. The van der Waals surface area contributed by atoms with Gasteiger partial charge in [-0.05, 0) is 133 Å². The SMILES string of the molecule is CC1(C)c2c(ccc3cc(-c4c5ccccc5c(-c5ccc6oc7ccc8ccccc8c7c6c5)c5ccccc45)ccc23)-c2c1c1ccccc1c1ccccc21.